The number of hydrogen-bond acceptors (Lipinski definition) is 2. The molecule has 4 nitrogen and oxygen atoms in total. The van der Waals surface area contributed by atoms with Gasteiger partial charge in [-0.15, -0.1) is 0 Å². The number of carbonyl (C=O) groups excluding carboxylic acids is 1. The number of nitrogens with one attached hydrogen (secondary N) is 1. The lowest BCUT2D eigenvalue weighted by Gasteiger charge is -2.26. The minimum Gasteiger partial charge on any atom is -0.481 e. The van der Waals surface area contributed by atoms with E-state index in [-0.39, 0.29) is 11.9 Å². The molecule has 1 saturated carbocycles. The molecule has 0 aromatic rings. The Hall–Kier alpha value is -1.32. The molecular weight excluding hydrogens is 254 g/mol. The van der Waals surface area contributed by atoms with Crippen molar-refractivity contribution in [2.24, 2.45) is 17.8 Å². The molecule has 2 unspecified atom stereocenters. The second-order valence-electron chi connectivity index (χ2n) is 6.31. The van der Waals surface area contributed by atoms with Gasteiger partial charge in [-0.25, -0.2) is 0 Å². The molecule has 2 N–H and O–H groups in total. The topological polar surface area (TPSA) is 66.4 Å². The fourth-order valence-corrected chi connectivity index (χ4v) is 3.32. The molecular formula is C16H25NO3. The van der Waals surface area contributed by atoms with Crippen molar-refractivity contribution in [3.05, 3.63) is 12.2 Å². The van der Waals surface area contributed by atoms with E-state index in [4.69, 9.17) is 0 Å². The summed E-state index contributed by atoms with van der Waals surface area (Å²) in [6, 6.07) is 0.229. The fourth-order valence-electron chi connectivity index (χ4n) is 3.32. The van der Waals surface area contributed by atoms with Crippen LogP contribution >= 0.6 is 0 Å². The summed E-state index contributed by atoms with van der Waals surface area (Å²) in [6.07, 6.45) is 10.4. The van der Waals surface area contributed by atoms with Gasteiger partial charge in [0.15, 0.2) is 0 Å². The monoisotopic (exact) mass is 279 g/mol. The van der Waals surface area contributed by atoms with E-state index in [1.54, 1.807) is 0 Å². The van der Waals surface area contributed by atoms with Crippen molar-refractivity contribution in [2.75, 3.05) is 0 Å². The first kappa shape index (κ1) is 15.1. The first-order chi connectivity index (χ1) is 9.58. The van der Waals surface area contributed by atoms with Crippen LogP contribution in [-0.4, -0.2) is 23.0 Å². The number of carboxylic acid groups (broad SMARTS) is 1. The third-order valence-corrected chi connectivity index (χ3v) is 4.69. The maximum absolute atomic E-state index is 12.4. The molecule has 0 aromatic heterocycles. The Morgan fingerprint density at radius 2 is 1.75 bits per heavy atom. The number of carboxylic acids is 1. The predicted octanol–water partition coefficient (Wildman–Crippen LogP) is 2.74. The van der Waals surface area contributed by atoms with E-state index < -0.39 is 17.8 Å². The average Bonchev–Trinajstić information content (AvgIpc) is 2.63. The fraction of sp³-hybridized carbons (Fsp3) is 0.750. The first-order valence-corrected chi connectivity index (χ1v) is 7.76. The van der Waals surface area contributed by atoms with Crippen LogP contribution in [0.15, 0.2) is 12.2 Å². The van der Waals surface area contributed by atoms with Gasteiger partial charge < -0.3 is 10.4 Å². The van der Waals surface area contributed by atoms with Gasteiger partial charge in [0.05, 0.1) is 11.8 Å². The molecule has 0 radical (unpaired) electrons. The van der Waals surface area contributed by atoms with Crippen molar-refractivity contribution in [3.63, 3.8) is 0 Å². The van der Waals surface area contributed by atoms with Crippen LogP contribution in [0.1, 0.15) is 51.9 Å². The summed E-state index contributed by atoms with van der Waals surface area (Å²) in [6.45, 7) is 2.26. The summed E-state index contributed by atoms with van der Waals surface area (Å²) in [5.41, 5.74) is 0. The van der Waals surface area contributed by atoms with E-state index in [9.17, 15) is 14.7 Å². The number of hydrogen-bond donors (Lipinski definition) is 2. The van der Waals surface area contributed by atoms with E-state index in [2.05, 4.69) is 12.2 Å². The van der Waals surface area contributed by atoms with Crippen LogP contribution in [0.3, 0.4) is 0 Å². The molecule has 4 atom stereocenters. The molecule has 4 heteroatoms. The smallest absolute Gasteiger partial charge is 0.307 e. The van der Waals surface area contributed by atoms with E-state index in [0.29, 0.717) is 12.8 Å². The van der Waals surface area contributed by atoms with Crippen LogP contribution in [0.2, 0.25) is 0 Å². The highest BCUT2D eigenvalue weighted by atomic mass is 16.4. The van der Waals surface area contributed by atoms with E-state index in [1.165, 1.54) is 6.42 Å². The van der Waals surface area contributed by atoms with Crippen LogP contribution in [0.4, 0.5) is 0 Å². The standard InChI is InChI=1S/C16H25NO3/c1-11-5-4-6-12(10-9-11)17-15(18)13-7-2-3-8-14(13)16(19)20/h2-3,11-14H,4-10H2,1H3,(H,17,18)(H,19,20)/t11?,12?,13-,14+/m1/s1. The van der Waals surface area contributed by atoms with Crippen LogP contribution in [0.5, 0.6) is 0 Å². The summed E-state index contributed by atoms with van der Waals surface area (Å²) in [5, 5.41) is 12.3. The van der Waals surface area contributed by atoms with E-state index in [0.717, 1.165) is 31.6 Å². The number of amides is 1. The Bertz CT molecular complexity index is 391. The average molecular weight is 279 g/mol. The van der Waals surface area contributed by atoms with Gasteiger partial charge in [-0.3, -0.25) is 9.59 Å². The number of allylic oxidation sites excluding steroid dienone is 2. The molecule has 2 aliphatic rings. The number of rotatable bonds is 3. The summed E-state index contributed by atoms with van der Waals surface area (Å²) in [5.74, 6) is -1.16. The van der Waals surface area contributed by atoms with E-state index in [1.807, 2.05) is 12.2 Å². The van der Waals surface area contributed by atoms with Crippen LogP contribution in [0.25, 0.3) is 0 Å². The van der Waals surface area contributed by atoms with Crippen LogP contribution in [0, 0.1) is 17.8 Å². The van der Waals surface area contributed by atoms with Gasteiger partial charge in [0.25, 0.3) is 0 Å². The Balaban J connectivity index is 1.93. The summed E-state index contributed by atoms with van der Waals surface area (Å²) >= 11 is 0. The molecule has 0 bridgehead atoms. The number of aliphatic carboxylic acids is 1. The third-order valence-electron chi connectivity index (χ3n) is 4.69. The lowest BCUT2D eigenvalue weighted by molar-refractivity contribution is -0.147. The SMILES string of the molecule is CC1CCCC(NC(=O)[C@@H]2CC=CC[C@@H]2C(=O)O)CC1. The largest absolute Gasteiger partial charge is 0.481 e. The molecule has 0 heterocycles. The van der Waals surface area contributed by atoms with Crippen LogP contribution < -0.4 is 5.32 Å². The minimum absolute atomic E-state index is 0.0682. The maximum Gasteiger partial charge on any atom is 0.307 e. The van der Waals surface area contributed by atoms with Gasteiger partial charge in [0.1, 0.15) is 0 Å². The molecule has 20 heavy (non-hydrogen) atoms. The molecule has 0 spiro atoms. The second-order valence-corrected chi connectivity index (χ2v) is 6.31. The Morgan fingerprint density at radius 1 is 1.05 bits per heavy atom. The first-order valence-electron chi connectivity index (χ1n) is 7.76. The summed E-state index contributed by atoms with van der Waals surface area (Å²) in [7, 11) is 0. The normalized spacial score (nSPS) is 34.2. The molecule has 0 aliphatic heterocycles. The van der Waals surface area contributed by atoms with Gasteiger partial charge in [-0.1, -0.05) is 31.9 Å². The Labute approximate surface area is 120 Å². The highest BCUT2D eigenvalue weighted by Crippen LogP contribution is 2.27. The van der Waals surface area contributed by atoms with Crippen molar-refractivity contribution < 1.29 is 14.7 Å². The maximum atomic E-state index is 12.4. The molecule has 1 fully saturated rings. The molecule has 2 aliphatic carbocycles. The minimum atomic E-state index is -0.857. The highest BCUT2D eigenvalue weighted by Gasteiger charge is 2.34. The van der Waals surface area contributed by atoms with Gasteiger partial charge in [0.2, 0.25) is 5.91 Å². The van der Waals surface area contributed by atoms with Crippen molar-refractivity contribution in [1.82, 2.24) is 5.32 Å². The lowest BCUT2D eigenvalue weighted by Crippen LogP contribution is -2.43. The Morgan fingerprint density at radius 3 is 2.45 bits per heavy atom. The quantitative estimate of drug-likeness (QED) is 0.616. The zero-order valence-corrected chi connectivity index (χ0v) is 12.2. The zero-order valence-electron chi connectivity index (χ0n) is 12.2. The number of carbonyl (C=O) groups is 2. The molecule has 0 aromatic carbocycles. The van der Waals surface area contributed by atoms with Crippen LogP contribution in [-0.2, 0) is 9.59 Å². The summed E-state index contributed by atoms with van der Waals surface area (Å²) in [4.78, 5) is 23.6. The molecule has 0 saturated heterocycles. The predicted molar refractivity (Wildman–Crippen MR) is 77.2 cm³/mol. The molecule has 1 amide bonds. The van der Waals surface area contributed by atoms with Crippen molar-refractivity contribution in [3.8, 4) is 0 Å². The second kappa shape index (κ2) is 6.91. The third kappa shape index (κ3) is 3.84. The van der Waals surface area contributed by atoms with E-state index >= 15 is 0 Å². The van der Waals surface area contributed by atoms with Gasteiger partial charge >= 0.3 is 5.97 Å². The highest BCUT2D eigenvalue weighted by molar-refractivity contribution is 5.85. The molecule has 2 rings (SSSR count). The van der Waals surface area contributed by atoms with Crippen molar-refractivity contribution >= 4 is 11.9 Å². The van der Waals surface area contributed by atoms with Crippen molar-refractivity contribution in [1.29, 1.82) is 0 Å². The lowest BCUT2D eigenvalue weighted by atomic mass is 9.82. The van der Waals surface area contributed by atoms with Crippen molar-refractivity contribution in [2.45, 2.75) is 57.9 Å². The van der Waals surface area contributed by atoms with Gasteiger partial charge in [-0.05, 0) is 38.0 Å². The van der Waals surface area contributed by atoms with Gasteiger partial charge in [-0.2, -0.15) is 0 Å². The summed E-state index contributed by atoms with van der Waals surface area (Å²) < 4.78 is 0. The van der Waals surface area contributed by atoms with Gasteiger partial charge in [0, 0.05) is 6.04 Å². The zero-order chi connectivity index (χ0) is 14.5. The Kier molecular flexibility index (Phi) is 5.21. The molecule has 112 valence electrons.